The van der Waals surface area contributed by atoms with Gasteiger partial charge < -0.3 is 5.32 Å². The van der Waals surface area contributed by atoms with Crippen molar-refractivity contribution in [3.05, 3.63) is 23.8 Å². The van der Waals surface area contributed by atoms with Crippen LogP contribution in [0.15, 0.2) is 18.2 Å². The van der Waals surface area contributed by atoms with Crippen LogP contribution in [0, 0.1) is 0 Å². The molecule has 2 aromatic rings. The Bertz CT molecular complexity index is 626. The molecule has 20 heavy (non-hydrogen) atoms. The second-order valence-corrected chi connectivity index (χ2v) is 7.23. The molecule has 0 atom stereocenters. The van der Waals surface area contributed by atoms with Crippen molar-refractivity contribution < 1.29 is 4.79 Å². The minimum atomic E-state index is -0.260. The number of urea groups is 1. The van der Waals surface area contributed by atoms with Gasteiger partial charge in [0.25, 0.3) is 0 Å². The number of carbonyl (C=O) groups is 1. The van der Waals surface area contributed by atoms with E-state index in [1.54, 1.807) is 0 Å². The van der Waals surface area contributed by atoms with E-state index in [1.807, 2.05) is 32.9 Å². The molecule has 0 saturated heterocycles. The SMILES string of the molecule is CC(C)c1cccc2sc(NC(=O)NC(C)(C)C)nc12. The van der Waals surface area contributed by atoms with Gasteiger partial charge >= 0.3 is 6.03 Å². The molecule has 2 amide bonds. The summed E-state index contributed by atoms with van der Waals surface area (Å²) >= 11 is 1.50. The Balaban J connectivity index is 2.24. The number of thiazole rings is 1. The summed E-state index contributed by atoms with van der Waals surface area (Å²) in [6, 6.07) is 5.94. The summed E-state index contributed by atoms with van der Waals surface area (Å²) in [6.07, 6.45) is 0. The van der Waals surface area contributed by atoms with Gasteiger partial charge in [0.05, 0.1) is 10.2 Å². The van der Waals surface area contributed by atoms with Crippen LogP contribution in [0.2, 0.25) is 0 Å². The second-order valence-electron chi connectivity index (χ2n) is 6.20. The van der Waals surface area contributed by atoms with E-state index in [4.69, 9.17) is 0 Å². The first kappa shape index (κ1) is 14.8. The molecule has 0 spiro atoms. The quantitative estimate of drug-likeness (QED) is 0.864. The zero-order chi connectivity index (χ0) is 14.9. The standard InChI is InChI=1S/C15H21N3OS/c1-9(2)10-7-6-8-11-12(10)16-14(20-11)17-13(19)18-15(3,4)5/h6-9H,1-5H3,(H2,16,17,18,19). The highest BCUT2D eigenvalue weighted by molar-refractivity contribution is 7.22. The first-order chi connectivity index (χ1) is 9.26. The number of anilines is 1. The van der Waals surface area contributed by atoms with Gasteiger partial charge in [-0.25, -0.2) is 9.78 Å². The fraction of sp³-hybridized carbons (Fsp3) is 0.467. The highest BCUT2D eigenvalue weighted by Gasteiger charge is 2.16. The lowest BCUT2D eigenvalue weighted by Crippen LogP contribution is -2.43. The summed E-state index contributed by atoms with van der Waals surface area (Å²) in [5, 5.41) is 6.31. The van der Waals surface area contributed by atoms with Crippen molar-refractivity contribution in [2.75, 3.05) is 5.32 Å². The van der Waals surface area contributed by atoms with E-state index >= 15 is 0 Å². The van der Waals surface area contributed by atoms with E-state index in [0.29, 0.717) is 11.0 Å². The van der Waals surface area contributed by atoms with Crippen LogP contribution in [0.4, 0.5) is 9.93 Å². The van der Waals surface area contributed by atoms with Gasteiger partial charge in [-0.1, -0.05) is 37.3 Å². The molecule has 5 heteroatoms. The number of aromatic nitrogens is 1. The number of para-hydroxylation sites is 1. The monoisotopic (exact) mass is 291 g/mol. The number of hydrogen-bond acceptors (Lipinski definition) is 3. The molecule has 1 heterocycles. The summed E-state index contributed by atoms with van der Waals surface area (Å²) in [6.45, 7) is 10.1. The van der Waals surface area contributed by atoms with Gasteiger partial charge in [-0.05, 0) is 38.3 Å². The van der Waals surface area contributed by atoms with Crippen LogP contribution in [0.25, 0.3) is 10.2 Å². The van der Waals surface area contributed by atoms with Crippen LogP contribution in [-0.4, -0.2) is 16.6 Å². The Morgan fingerprint density at radius 3 is 2.60 bits per heavy atom. The summed E-state index contributed by atoms with van der Waals surface area (Å²) in [7, 11) is 0. The number of nitrogens with zero attached hydrogens (tertiary/aromatic N) is 1. The minimum Gasteiger partial charge on any atom is -0.333 e. The molecular weight excluding hydrogens is 270 g/mol. The van der Waals surface area contributed by atoms with Gasteiger partial charge in [-0.2, -0.15) is 0 Å². The largest absolute Gasteiger partial charge is 0.333 e. The highest BCUT2D eigenvalue weighted by Crippen LogP contribution is 2.31. The second kappa shape index (κ2) is 5.40. The number of rotatable bonds is 2. The van der Waals surface area contributed by atoms with Crippen molar-refractivity contribution >= 4 is 32.7 Å². The van der Waals surface area contributed by atoms with Crippen LogP contribution >= 0.6 is 11.3 Å². The van der Waals surface area contributed by atoms with Crippen molar-refractivity contribution in [1.82, 2.24) is 10.3 Å². The van der Waals surface area contributed by atoms with E-state index in [0.717, 1.165) is 10.2 Å². The summed E-state index contributed by atoms with van der Waals surface area (Å²) in [5.74, 6) is 0.414. The van der Waals surface area contributed by atoms with Crippen molar-refractivity contribution in [1.29, 1.82) is 0 Å². The lowest BCUT2D eigenvalue weighted by atomic mass is 10.0. The average Bonchev–Trinajstić information content (AvgIpc) is 2.67. The molecule has 2 N–H and O–H groups in total. The third kappa shape index (κ3) is 3.48. The van der Waals surface area contributed by atoms with Crippen molar-refractivity contribution in [3.63, 3.8) is 0 Å². The van der Waals surface area contributed by atoms with Crippen LogP contribution in [0.5, 0.6) is 0 Å². The van der Waals surface area contributed by atoms with Gasteiger partial charge in [0.15, 0.2) is 5.13 Å². The summed E-state index contributed by atoms with van der Waals surface area (Å²) in [4.78, 5) is 16.4. The molecule has 0 aliphatic heterocycles. The summed E-state index contributed by atoms with van der Waals surface area (Å²) in [5.41, 5.74) is 1.94. The van der Waals surface area contributed by atoms with Crippen molar-refractivity contribution in [3.8, 4) is 0 Å². The number of benzene rings is 1. The molecule has 0 fully saturated rings. The number of hydrogen-bond donors (Lipinski definition) is 2. The summed E-state index contributed by atoms with van der Waals surface area (Å²) < 4.78 is 1.10. The van der Waals surface area contributed by atoms with Gasteiger partial charge in [0.2, 0.25) is 0 Å². The van der Waals surface area contributed by atoms with E-state index < -0.39 is 0 Å². The molecule has 108 valence electrons. The van der Waals surface area contributed by atoms with Gasteiger partial charge in [-0.15, -0.1) is 0 Å². The Hall–Kier alpha value is -1.62. The average molecular weight is 291 g/mol. The highest BCUT2D eigenvalue weighted by atomic mass is 32.1. The number of carbonyl (C=O) groups excluding carboxylic acids is 1. The molecule has 0 aliphatic rings. The van der Waals surface area contributed by atoms with E-state index in [1.165, 1.54) is 16.9 Å². The molecule has 0 bridgehead atoms. The Morgan fingerprint density at radius 1 is 1.30 bits per heavy atom. The molecule has 2 rings (SSSR count). The zero-order valence-corrected chi connectivity index (χ0v) is 13.4. The van der Waals surface area contributed by atoms with Crippen LogP contribution in [0.1, 0.15) is 46.1 Å². The topological polar surface area (TPSA) is 54.0 Å². The third-order valence-corrected chi connectivity index (χ3v) is 3.72. The smallest absolute Gasteiger partial charge is 0.321 e. The predicted octanol–water partition coefficient (Wildman–Crippen LogP) is 4.34. The van der Waals surface area contributed by atoms with Gasteiger partial charge in [0.1, 0.15) is 0 Å². The molecule has 0 radical (unpaired) electrons. The van der Waals surface area contributed by atoms with Crippen LogP contribution in [-0.2, 0) is 0 Å². The van der Waals surface area contributed by atoms with E-state index in [2.05, 4.69) is 35.5 Å². The molecular formula is C15H21N3OS. The Labute approximate surface area is 123 Å². The maximum atomic E-state index is 11.9. The Kier molecular flexibility index (Phi) is 3.99. The maximum absolute atomic E-state index is 11.9. The molecule has 0 saturated carbocycles. The fourth-order valence-corrected chi connectivity index (χ4v) is 2.85. The molecule has 0 aliphatic carbocycles. The van der Waals surface area contributed by atoms with Crippen molar-refractivity contribution in [2.24, 2.45) is 0 Å². The van der Waals surface area contributed by atoms with Crippen molar-refractivity contribution in [2.45, 2.75) is 46.1 Å². The number of amides is 2. The van der Waals surface area contributed by atoms with Crippen LogP contribution in [0.3, 0.4) is 0 Å². The molecule has 0 unspecified atom stereocenters. The third-order valence-electron chi connectivity index (χ3n) is 2.78. The normalized spacial score (nSPS) is 11.9. The van der Waals surface area contributed by atoms with E-state index in [9.17, 15) is 4.79 Å². The molecule has 4 nitrogen and oxygen atoms in total. The number of nitrogens with one attached hydrogen (secondary N) is 2. The Morgan fingerprint density at radius 2 is 2.00 bits per heavy atom. The first-order valence-corrected chi connectivity index (χ1v) is 7.56. The number of fused-ring (bicyclic) bond motifs is 1. The fourth-order valence-electron chi connectivity index (χ4n) is 1.96. The lowest BCUT2D eigenvalue weighted by molar-refractivity contribution is 0.244. The maximum Gasteiger partial charge on any atom is 0.321 e. The first-order valence-electron chi connectivity index (χ1n) is 6.75. The predicted molar refractivity (Wildman–Crippen MR) is 85.6 cm³/mol. The van der Waals surface area contributed by atoms with E-state index in [-0.39, 0.29) is 11.6 Å². The van der Waals surface area contributed by atoms with Gasteiger partial charge in [-0.3, -0.25) is 5.32 Å². The zero-order valence-electron chi connectivity index (χ0n) is 12.6. The minimum absolute atomic E-state index is 0.220. The molecule has 1 aromatic heterocycles. The van der Waals surface area contributed by atoms with Crippen LogP contribution < -0.4 is 10.6 Å². The van der Waals surface area contributed by atoms with Gasteiger partial charge in [0, 0.05) is 5.54 Å². The lowest BCUT2D eigenvalue weighted by Gasteiger charge is -2.20. The molecule has 1 aromatic carbocycles.